The average Bonchev–Trinajstić information content (AvgIpc) is 3.83. The Morgan fingerprint density at radius 3 is 1.52 bits per heavy atom. The lowest BCUT2D eigenvalue weighted by atomic mass is 9.43. The van der Waals surface area contributed by atoms with E-state index in [1.807, 2.05) is 0 Å². The highest BCUT2D eigenvalue weighted by Gasteiger charge is 2.68. The van der Waals surface area contributed by atoms with Crippen LogP contribution in [0.2, 0.25) is 0 Å². The molecule has 0 amide bonds. The number of methoxy groups -OCH3 is 2. The van der Waals surface area contributed by atoms with Crippen LogP contribution in [0.1, 0.15) is 138 Å². The Morgan fingerprint density at radius 1 is 0.607 bits per heavy atom. The maximum Gasteiger partial charge on any atom is 0.330 e. The Kier molecular flexibility index (Phi) is 12.9. The quantitative estimate of drug-likeness (QED) is 0.146. The van der Waals surface area contributed by atoms with Crippen LogP contribution in [0, 0.1) is 69.0 Å². The molecule has 9 fully saturated rings. The Labute approximate surface area is 364 Å². The van der Waals surface area contributed by atoms with E-state index in [-0.39, 0.29) is 69.7 Å². The predicted molar refractivity (Wildman–Crippen MR) is 230 cm³/mol. The van der Waals surface area contributed by atoms with Gasteiger partial charge in [-0.25, -0.2) is 9.59 Å². The summed E-state index contributed by atoms with van der Waals surface area (Å²) in [5, 5.41) is 29.7. The summed E-state index contributed by atoms with van der Waals surface area (Å²) in [6, 6.07) is 0.416. The molecule has 9 aliphatic rings. The molecule has 7 N–H and O–H groups in total. The molecule has 0 aromatic heterocycles. The molecule has 0 radical (unpaired) electrons. The molecule has 0 bridgehead atoms. The number of hydrogen-bond donors (Lipinski definition) is 5. The number of carboxylic acid groups (broad SMARTS) is 1. The van der Waals surface area contributed by atoms with Crippen LogP contribution in [0.25, 0.3) is 0 Å². The minimum absolute atomic E-state index is 0.0509. The molecule has 1 heterocycles. The number of carbonyl (C=O) groups excluding carboxylic acids is 2. The first-order valence-electron chi connectivity index (χ1n) is 23.5. The van der Waals surface area contributed by atoms with Gasteiger partial charge in [0.2, 0.25) is 0 Å². The number of ether oxygens (including phenoxy) is 4. The number of aliphatic carboxylic acids is 1. The van der Waals surface area contributed by atoms with Crippen LogP contribution in [0.3, 0.4) is 0 Å². The first-order valence-corrected chi connectivity index (χ1v) is 23.5. The zero-order valence-electron chi connectivity index (χ0n) is 38.5. The van der Waals surface area contributed by atoms with Crippen molar-refractivity contribution in [1.82, 2.24) is 0 Å². The van der Waals surface area contributed by atoms with Gasteiger partial charge in [-0.3, -0.25) is 4.79 Å². The van der Waals surface area contributed by atoms with E-state index in [1.54, 1.807) is 12.2 Å². The topological polar surface area (TPSA) is 201 Å². The van der Waals surface area contributed by atoms with Crippen LogP contribution in [0.5, 0.6) is 0 Å². The van der Waals surface area contributed by atoms with Crippen LogP contribution in [0.15, 0.2) is 23.3 Å². The van der Waals surface area contributed by atoms with E-state index in [1.165, 1.54) is 32.6 Å². The molecular formula is C49H78N2O10. The van der Waals surface area contributed by atoms with Gasteiger partial charge in [-0.05, 0) is 173 Å². The van der Waals surface area contributed by atoms with Gasteiger partial charge in [-0.15, -0.1) is 0 Å². The van der Waals surface area contributed by atoms with Gasteiger partial charge in [-0.2, -0.15) is 0 Å². The molecule has 8 aliphatic carbocycles. The van der Waals surface area contributed by atoms with Crippen molar-refractivity contribution < 1.29 is 48.7 Å². The summed E-state index contributed by atoms with van der Waals surface area (Å²) >= 11 is 0. The number of nitrogens with two attached hydrogens (primary N) is 2. The van der Waals surface area contributed by atoms with Crippen molar-refractivity contribution >= 4 is 17.9 Å². The van der Waals surface area contributed by atoms with E-state index < -0.39 is 24.0 Å². The normalized spacial score (nSPS) is 50.0. The number of allylic oxidation sites excluding steroid dienone is 2. The van der Waals surface area contributed by atoms with Gasteiger partial charge < -0.3 is 45.7 Å². The second-order valence-electron chi connectivity index (χ2n) is 22.3. The molecule has 18 atom stereocenters. The molecule has 61 heavy (non-hydrogen) atoms. The second kappa shape index (κ2) is 16.9. The molecule has 0 spiro atoms. The minimum atomic E-state index is -0.833. The van der Waals surface area contributed by atoms with Crippen LogP contribution in [0.4, 0.5) is 0 Å². The fourth-order valence-electron chi connectivity index (χ4n) is 16.1. The Bertz CT molecular complexity index is 1740. The molecule has 12 heteroatoms. The molecule has 1 saturated heterocycles. The van der Waals surface area contributed by atoms with Gasteiger partial charge in [0.25, 0.3) is 5.97 Å². The summed E-state index contributed by atoms with van der Waals surface area (Å²) in [5.74, 6) is 1.18. The number of fused-ring (bicyclic) bond motifs is 13. The Morgan fingerprint density at radius 2 is 1.03 bits per heavy atom. The van der Waals surface area contributed by atoms with Crippen molar-refractivity contribution in [2.45, 2.75) is 181 Å². The van der Waals surface area contributed by atoms with Crippen molar-refractivity contribution in [1.29, 1.82) is 0 Å². The zero-order chi connectivity index (χ0) is 44.6. The minimum Gasteiger partial charge on any atom is -0.481 e. The third-order valence-electron chi connectivity index (χ3n) is 19.1. The molecule has 9 rings (SSSR count). The largest absolute Gasteiger partial charge is 0.481 e. The fourth-order valence-corrected chi connectivity index (χ4v) is 16.1. The zero-order valence-corrected chi connectivity index (χ0v) is 38.5. The lowest BCUT2D eigenvalue weighted by Gasteiger charge is -2.63. The molecule has 0 aromatic carbocycles. The number of aliphatic hydroxyl groups is 2. The summed E-state index contributed by atoms with van der Waals surface area (Å²) in [6.07, 6.45) is 17.0. The van der Waals surface area contributed by atoms with Gasteiger partial charge >= 0.3 is 11.9 Å². The van der Waals surface area contributed by atoms with E-state index in [9.17, 15) is 19.8 Å². The highest BCUT2D eigenvalue weighted by Crippen LogP contribution is 2.70. The van der Waals surface area contributed by atoms with Gasteiger partial charge in [-0.1, -0.05) is 38.8 Å². The van der Waals surface area contributed by atoms with Crippen LogP contribution < -0.4 is 11.5 Å². The molecule has 0 aromatic rings. The molecule has 12 nitrogen and oxygen atoms in total. The van der Waals surface area contributed by atoms with E-state index in [0.717, 1.165) is 89.5 Å². The highest BCUT2D eigenvalue weighted by molar-refractivity contribution is 5.83. The number of hydrogen-bond acceptors (Lipinski definition) is 11. The van der Waals surface area contributed by atoms with Gasteiger partial charge in [0.1, 0.15) is 0 Å². The predicted octanol–water partition coefficient (Wildman–Crippen LogP) is 6.68. The maximum atomic E-state index is 12.0. The lowest BCUT2D eigenvalue weighted by molar-refractivity contribution is -0.210. The number of rotatable bonds is 2. The van der Waals surface area contributed by atoms with Crippen molar-refractivity contribution in [3.05, 3.63) is 23.3 Å². The maximum absolute atomic E-state index is 12.0. The van der Waals surface area contributed by atoms with Gasteiger partial charge in [0, 0.05) is 31.2 Å². The molecule has 8 saturated carbocycles. The molecule has 344 valence electrons. The van der Waals surface area contributed by atoms with Crippen molar-refractivity contribution in [3.63, 3.8) is 0 Å². The van der Waals surface area contributed by atoms with E-state index >= 15 is 0 Å². The Hall–Kier alpha value is -2.35. The number of carboxylic acids is 1. The smallest absolute Gasteiger partial charge is 0.330 e. The number of aliphatic hydroxyl groups excluding tert-OH is 2. The van der Waals surface area contributed by atoms with Crippen molar-refractivity contribution in [2.24, 2.45) is 80.5 Å². The average molecular weight is 855 g/mol. The lowest BCUT2D eigenvalue weighted by Crippen LogP contribution is -2.64. The summed E-state index contributed by atoms with van der Waals surface area (Å²) in [5.41, 5.74) is 15.4. The van der Waals surface area contributed by atoms with E-state index in [0.29, 0.717) is 35.5 Å². The summed E-state index contributed by atoms with van der Waals surface area (Å²) in [7, 11) is 2.89. The first kappa shape index (κ1) is 46.6. The first-order chi connectivity index (χ1) is 28.5. The van der Waals surface area contributed by atoms with E-state index in [2.05, 4.69) is 41.5 Å². The van der Waals surface area contributed by atoms with Gasteiger partial charge in [0.05, 0.1) is 38.6 Å². The fraction of sp³-hybridized carbons (Fsp3) is 0.857. The summed E-state index contributed by atoms with van der Waals surface area (Å²) in [6.45, 7) is 14.7. The van der Waals surface area contributed by atoms with Crippen LogP contribution in [-0.2, 0) is 33.3 Å². The summed E-state index contributed by atoms with van der Waals surface area (Å²) < 4.78 is 23.1. The highest BCUT2D eigenvalue weighted by atomic mass is 16.8. The third kappa shape index (κ3) is 7.97. The SMILES string of the molecule is CC(=O)O.COC(=O)/C=C1\CCC2C3C(CC[C@]12C)[C@@]1(C)CC[C@@H](N)CC1[C@@H](O)[C@@H]3O.COC(=O)/C=C1\CCC2C3C(CC[C@]12C)[C@@]1(C)CC[C@@H](N)CC1[C@H]1OC(C)(C)O[C@H]31. The Balaban J connectivity index is 0.000000170. The van der Waals surface area contributed by atoms with Crippen LogP contribution >= 0.6 is 0 Å². The van der Waals surface area contributed by atoms with E-state index in [4.69, 9.17) is 40.3 Å². The van der Waals surface area contributed by atoms with Crippen molar-refractivity contribution in [2.75, 3.05) is 14.2 Å². The molecule has 8 unspecified atom stereocenters. The standard InChI is InChI=1S/C25H39NO4.C22H35NO4.C2H4O2/c1-23(2)29-21-18-13-15(26)8-10-25(18,4)17-9-11-24(3)14(12-19(27)28-5)6-7-16(24)20(17)22(21)30-23;1-21-9-7-15-18(14(21)5-4-12(21)10-17(24)27-3)20(26)19(25)16-11-13(23)6-8-22(15,16)2;1-2(3)4/h12,15-18,20-22H,6-11,13,26H2,1-5H3;10,13-16,18-20,25-26H,4-9,11,23H2,1-3H3;1H3,(H,3,4)/b14-12+;12-10+;/t15-,16?,17?,18?,20?,21-,22-,24-,25-;13-,14?,15?,16?,18?,19-,20-,21-,22-;/m11./s1. The van der Waals surface area contributed by atoms with Crippen molar-refractivity contribution in [3.8, 4) is 0 Å². The monoisotopic (exact) mass is 855 g/mol. The van der Waals surface area contributed by atoms with Gasteiger partial charge in [0.15, 0.2) is 5.79 Å². The summed E-state index contributed by atoms with van der Waals surface area (Å²) in [4.78, 5) is 32.9. The number of carbonyl (C=O) groups is 3. The number of esters is 2. The molecular weight excluding hydrogens is 777 g/mol. The molecule has 1 aliphatic heterocycles. The van der Waals surface area contributed by atoms with Crippen LogP contribution in [-0.4, -0.2) is 89.7 Å². The third-order valence-corrected chi connectivity index (χ3v) is 19.1. The second-order valence-corrected chi connectivity index (χ2v) is 22.3.